The van der Waals surface area contributed by atoms with Gasteiger partial charge in [-0.2, -0.15) is 0 Å². The molecule has 4 nitrogen and oxygen atoms in total. The smallest absolute Gasteiger partial charge is 0.253 e. The molecule has 2 aromatic rings. The third kappa shape index (κ3) is 3.65. The van der Waals surface area contributed by atoms with E-state index in [0.717, 1.165) is 17.0 Å². The maximum absolute atomic E-state index is 12.2. The molecule has 0 atom stereocenters. The number of hydrogen-bond acceptors (Lipinski definition) is 4. The second-order valence-electron chi connectivity index (χ2n) is 4.74. The van der Waals surface area contributed by atoms with Crippen LogP contribution in [0.25, 0.3) is 0 Å². The third-order valence-electron chi connectivity index (χ3n) is 3.11. The van der Waals surface area contributed by atoms with Gasteiger partial charge in [-0.3, -0.25) is 4.79 Å². The quantitative estimate of drug-likeness (QED) is 0.918. The SMILES string of the molecule is Cc1cnc(CCN(C)C(=O)c2ccc(CN)cc2)s1. The van der Waals surface area contributed by atoms with Crippen LogP contribution >= 0.6 is 11.3 Å². The molecule has 2 N–H and O–H groups in total. The summed E-state index contributed by atoms with van der Waals surface area (Å²) in [5.74, 6) is 0.0295. The first-order valence-corrected chi connectivity index (χ1v) is 7.37. The number of benzene rings is 1. The van der Waals surface area contributed by atoms with E-state index in [1.807, 2.05) is 44.4 Å². The average Bonchev–Trinajstić information content (AvgIpc) is 2.89. The standard InChI is InChI=1S/C15H19N3OS/c1-11-10-17-14(20-11)7-8-18(2)15(19)13-5-3-12(9-16)4-6-13/h3-6,10H,7-9,16H2,1-2H3. The highest BCUT2D eigenvalue weighted by atomic mass is 32.1. The van der Waals surface area contributed by atoms with Gasteiger partial charge in [-0.15, -0.1) is 11.3 Å². The summed E-state index contributed by atoms with van der Waals surface area (Å²) in [6.07, 6.45) is 2.66. The Morgan fingerprint density at radius 3 is 2.60 bits per heavy atom. The molecule has 0 aliphatic heterocycles. The van der Waals surface area contributed by atoms with Crippen molar-refractivity contribution in [3.8, 4) is 0 Å². The molecule has 0 aliphatic rings. The van der Waals surface area contributed by atoms with Gasteiger partial charge in [0.25, 0.3) is 5.91 Å². The summed E-state index contributed by atoms with van der Waals surface area (Å²) in [6.45, 7) is 3.20. The van der Waals surface area contributed by atoms with Crippen molar-refractivity contribution in [2.24, 2.45) is 5.73 Å². The van der Waals surface area contributed by atoms with Crippen molar-refractivity contribution >= 4 is 17.2 Å². The first kappa shape index (κ1) is 14.7. The summed E-state index contributed by atoms with van der Waals surface area (Å²) in [4.78, 5) is 19.5. The molecular weight excluding hydrogens is 270 g/mol. The highest BCUT2D eigenvalue weighted by molar-refractivity contribution is 7.11. The van der Waals surface area contributed by atoms with Crippen LogP contribution in [0, 0.1) is 6.92 Å². The summed E-state index contributed by atoms with van der Waals surface area (Å²) < 4.78 is 0. The second kappa shape index (κ2) is 6.63. The van der Waals surface area contributed by atoms with E-state index in [-0.39, 0.29) is 5.91 Å². The lowest BCUT2D eigenvalue weighted by atomic mass is 10.1. The number of likely N-dealkylation sites (N-methyl/N-ethyl adjacent to an activating group) is 1. The largest absolute Gasteiger partial charge is 0.341 e. The van der Waals surface area contributed by atoms with Gasteiger partial charge in [0, 0.05) is 43.2 Å². The van der Waals surface area contributed by atoms with Gasteiger partial charge in [-0.25, -0.2) is 4.98 Å². The first-order valence-electron chi connectivity index (χ1n) is 6.56. The van der Waals surface area contributed by atoms with E-state index in [4.69, 9.17) is 5.73 Å². The number of amides is 1. The summed E-state index contributed by atoms with van der Waals surface area (Å²) in [7, 11) is 1.82. The van der Waals surface area contributed by atoms with Crippen molar-refractivity contribution in [3.63, 3.8) is 0 Å². The zero-order chi connectivity index (χ0) is 14.5. The van der Waals surface area contributed by atoms with Gasteiger partial charge in [0.15, 0.2) is 0 Å². The normalized spacial score (nSPS) is 10.6. The number of carbonyl (C=O) groups excluding carboxylic acids is 1. The van der Waals surface area contributed by atoms with Crippen molar-refractivity contribution in [1.29, 1.82) is 0 Å². The van der Waals surface area contributed by atoms with Crippen LogP contribution < -0.4 is 5.73 Å². The average molecular weight is 289 g/mol. The Morgan fingerprint density at radius 2 is 2.05 bits per heavy atom. The minimum Gasteiger partial charge on any atom is -0.341 e. The zero-order valence-corrected chi connectivity index (χ0v) is 12.6. The van der Waals surface area contributed by atoms with Crippen molar-refractivity contribution < 1.29 is 4.79 Å². The highest BCUT2D eigenvalue weighted by Crippen LogP contribution is 2.13. The van der Waals surface area contributed by atoms with Gasteiger partial charge >= 0.3 is 0 Å². The number of aromatic nitrogens is 1. The highest BCUT2D eigenvalue weighted by Gasteiger charge is 2.12. The van der Waals surface area contributed by atoms with Crippen LogP contribution in [0.2, 0.25) is 0 Å². The fourth-order valence-corrected chi connectivity index (χ4v) is 2.66. The Bertz CT molecular complexity index is 577. The zero-order valence-electron chi connectivity index (χ0n) is 11.8. The van der Waals surface area contributed by atoms with E-state index < -0.39 is 0 Å². The Kier molecular flexibility index (Phi) is 4.87. The van der Waals surface area contributed by atoms with Gasteiger partial charge in [-0.05, 0) is 24.6 Å². The van der Waals surface area contributed by atoms with Gasteiger partial charge in [0.05, 0.1) is 5.01 Å². The van der Waals surface area contributed by atoms with Crippen molar-refractivity contribution in [3.05, 3.63) is 51.5 Å². The van der Waals surface area contributed by atoms with Crippen LogP contribution in [0.3, 0.4) is 0 Å². The molecule has 5 heteroatoms. The third-order valence-corrected chi connectivity index (χ3v) is 4.09. The lowest BCUT2D eigenvalue weighted by Crippen LogP contribution is -2.28. The molecule has 0 aliphatic carbocycles. The molecule has 0 fully saturated rings. The van der Waals surface area contributed by atoms with Gasteiger partial charge in [0.1, 0.15) is 0 Å². The number of hydrogen-bond donors (Lipinski definition) is 1. The molecule has 0 spiro atoms. The van der Waals surface area contributed by atoms with Crippen LogP contribution in [0.15, 0.2) is 30.5 Å². The number of nitrogens with two attached hydrogens (primary N) is 1. The molecule has 2 rings (SSSR count). The van der Waals surface area contributed by atoms with E-state index in [1.54, 1.807) is 16.2 Å². The topological polar surface area (TPSA) is 59.2 Å². The van der Waals surface area contributed by atoms with Crippen molar-refractivity contribution in [2.45, 2.75) is 19.9 Å². The molecule has 0 saturated carbocycles. The van der Waals surface area contributed by atoms with Crippen LogP contribution in [-0.2, 0) is 13.0 Å². The summed E-state index contributed by atoms with van der Waals surface area (Å²) >= 11 is 1.68. The minimum atomic E-state index is 0.0295. The second-order valence-corrected chi connectivity index (χ2v) is 6.06. The molecule has 1 heterocycles. The predicted octanol–water partition coefficient (Wildman–Crippen LogP) is 2.22. The van der Waals surface area contributed by atoms with Crippen LogP contribution in [-0.4, -0.2) is 29.4 Å². The first-order chi connectivity index (χ1) is 9.60. The Hall–Kier alpha value is -1.72. The predicted molar refractivity (Wildman–Crippen MR) is 81.8 cm³/mol. The molecule has 20 heavy (non-hydrogen) atoms. The number of carbonyl (C=O) groups is 1. The molecule has 0 bridgehead atoms. The van der Waals surface area contributed by atoms with Crippen molar-refractivity contribution in [2.75, 3.05) is 13.6 Å². The molecule has 0 radical (unpaired) electrons. The van der Waals surface area contributed by atoms with E-state index in [0.29, 0.717) is 18.7 Å². The maximum Gasteiger partial charge on any atom is 0.253 e. The lowest BCUT2D eigenvalue weighted by molar-refractivity contribution is 0.0796. The minimum absolute atomic E-state index is 0.0295. The Morgan fingerprint density at radius 1 is 1.35 bits per heavy atom. The van der Waals surface area contributed by atoms with Gasteiger partial charge in [0.2, 0.25) is 0 Å². The van der Waals surface area contributed by atoms with Crippen molar-refractivity contribution in [1.82, 2.24) is 9.88 Å². The van der Waals surface area contributed by atoms with E-state index >= 15 is 0 Å². The molecule has 0 saturated heterocycles. The fourth-order valence-electron chi connectivity index (χ4n) is 1.89. The molecule has 0 unspecified atom stereocenters. The van der Waals surface area contributed by atoms with Gasteiger partial charge in [-0.1, -0.05) is 12.1 Å². The summed E-state index contributed by atoms with van der Waals surface area (Å²) in [6, 6.07) is 7.44. The van der Waals surface area contributed by atoms with E-state index in [1.165, 1.54) is 4.88 Å². The monoisotopic (exact) mass is 289 g/mol. The maximum atomic E-state index is 12.2. The molecular formula is C15H19N3OS. The van der Waals surface area contributed by atoms with Crippen LogP contribution in [0.1, 0.15) is 25.8 Å². The lowest BCUT2D eigenvalue weighted by Gasteiger charge is -2.16. The van der Waals surface area contributed by atoms with Crippen LogP contribution in [0.4, 0.5) is 0 Å². The van der Waals surface area contributed by atoms with Crippen LogP contribution in [0.5, 0.6) is 0 Å². The van der Waals surface area contributed by atoms with E-state index in [2.05, 4.69) is 4.98 Å². The molecule has 1 amide bonds. The Balaban J connectivity index is 1.93. The number of aryl methyl sites for hydroxylation is 1. The van der Waals surface area contributed by atoms with E-state index in [9.17, 15) is 4.79 Å². The molecule has 1 aromatic heterocycles. The Labute approximate surface area is 123 Å². The fraction of sp³-hybridized carbons (Fsp3) is 0.333. The summed E-state index contributed by atoms with van der Waals surface area (Å²) in [5, 5.41) is 1.07. The number of rotatable bonds is 5. The van der Waals surface area contributed by atoms with Gasteiger partial charge < -0.3 is 10.6 Å². The molecule has 106 valence electrons. The molecule has 1 aromatic carbocycles. The number of nitrogens with zero attached hydrogens (tertiary/aromatic N) is 2. The number of thiazole rings is 1. The summed E-state index contributed by atoms with van der Waals surface area (Å²) in [5.41, 5.74) is 7.27.